The third-order valence-corrected chi connectivity index (χ3v) is 5.69. The summed E-state index contributed by atoms with van der Waals surface area (Å²) in [5.41, 5.74) is 0.0307. The number of nitrogens with zero attached hydrogens (tertiary/aromatic N) is 2. The summed E-state index contributed by atoms with van der Waals surface area (Å²) in [6.45, 7) is 1.85. The Bertz CT molecular complexity index is 953. The number of benzene rings is 1. The maximum atomic E-state index is 11.7. The Hall–Kier alpha value is -1.91. The second-order valence-electron chi connectivity index (χ2n) is 6.52. The lowest BCUT2D eigenvalue weighted by molar-refractivity contribution is 0.184. The summed E-state index contributed by atoms with van der Waals surface area (Å²) in [4.78, 5) is 16.8. The molecule has 3 N–H and O–H groups in total. The number of nitrogens with one attached hydrogen (secondary N) is 2. The lowest BCUT2D eigenvalue weighted by atomic mass is 10.2. The van der Waals surface area contributed by atoms with E-state index >= 15 is 0 Å². The summed E-state index contributed by atoms with van der Waals surface area (Å²) in [7, 11) is 1.71. The van der Waals surface area contributed by atoms with Crippen LogP contribution in [0.4, 0.5) is 0 Å². The molecule has 0 bridgehead atoms. The number of fused-ring (bicyclic) bond motifs is 1. The molecule has 1 atom stereocenters. The maximum Gasteiger partial charge on any atom is 0.250 e. The average Bonchev–Trinajstić information content (AvgIpc) is 3.15. The topological polar surface area (TPSA) is 78.7 Å². The zero-order chi connectivity index (χ0) is 19.8. The highest BCUT2D eigenvalue weighted by Gasteiger charge is 2.12. The van der Waals surface area contributed by atoms with Gasteiger partial charge >= 0.3 is 0 Å². The first-order valence-corrected chi connectivity index (χ1v) is 10.3. The van der Waals surface area contributed by atoms with Gasteiger partial charge in [0.15, 0.2) is 5.96 Å². The van der Waals surface area contributed by atoms with Crippen molar-refractivity contribution in [2.24, 2.45) is 4.99 Å². The van der Waals surface area contributed by atoms with Gasteiger partial charge in [-0.3, -0.25) is 9.79 Å². The number of hydrogen-bond donors (Lipinski definition) is 3. The van der Waals surface area contributed by atoms with Crippen LogP contribution in [0.2, 0.25) is 0 Å². The Morgan fingerprint density at radius 1 is 1.17 bits per heavy atom. The van der Waals surface area contributed by atoms with Crippen molar-refractivity contribution in [3.8, 4) is 0 Å². The van der Waals surface area contributed by atoms with Crippen molar-refractivity contribution in [2.45, 2.75) is 25.5 Å². The molecule has 0 radical (unpaired) electrons. The molecule has 2 heterocycles. The largest absolute Gasteiger partial charge is 0.386 e. The molecule has 0 aliphatic heterocycles. The molecule has 6 nitrogen and oxygen atoms in total. The van der Waals surface area contributed by atoms with Crippen LogP contribution in [-0.2, 0) is 6.54 Å². The Balaban J connectivity index is 0.00000300. The highest BCUT2D eigenvalue weighted by Crippen LogP contribution is 2.29. The van der Waals surface area contributed by atoms with E-state index < -0.39 is 6.10 Å². The molecule has 0 aliphatic carbocycles. The molecule has 0 amide bonds. The summed E-state index contributed by atoms with van der Waals surface area (Å²) in [6, 6.07) is 15.4. The molecule has 2 aromatic heterocycles. The predicted octanol–water partition coefficient (Wildman–Crippen LogP) is 3.36. The molecule has 0 spiro atoms. The van der Waals surface area contributed by atoms with Gasteiger partial charge in [-0.15, -0.1) is 35.3 Å². The monoisotopic (exact) mass is 526 g/mol. The summed E-state index contributed by atoms with van der Waals surface area (Å²) in [6.07, 6.45) is 3.05. The van der Waals surface area contributed by atoms with Crippen molar-refractivity contribution in [1.82, 2.24) is 15.2 Å². The number of guanidine groups is 1. The van der Waals surface area contributed by atoms with Crippen LogP contribution in [0.3, 0.4) is 0 Å². The minimum Gasteiger partial charge on any atom is -0.386 e. The van der Waals surface area contributed by atoms with E-state index in [2.05, 4.69) is 27.8 Å². The summed E-state index contributed by atoms with van der Waals surface area (Å²) >= 11 is 1.61. The van der Waals surface area contributed by atoms with Gasteiger partial charge in [-0.05, 0) is 36.4 Å². The number of unbranched alkanes of at least 4 members (excludes halogenated alkanes) is 1. The lowest BCUT2D eigenvalue weighted by Gasteiger charge is -2.14. The average molecular weight is 526 g/mol. The van der Waals surface area contributed by atoms with Crippen LogP contribution in [-0.4, -0.2) is 35.8 Å². The smallest absolute Gasteiger partial charge is 0.250 e. The van der Waals surface area contributed by atoms with Gasteiger partial charge in [-0.1, -0.05) is 24.3 Å². The number of aliphatic imine (C=N–C) groups is 1. The molecular weight excluding hydrogens is 499 g/mol. The van der Waals surface area contributed by atoms with E-state index in [9.17, 15) is 9.90 Å². The van der Waals surface area contributed by atoms with Crippen molar-refractivity contribution in [3.05, 3.63) is 70.0 Å². The molecule has 0 aliphatic rings. The third kappa shape index (κ3) is 6.83. The normalized spacial score (nSPS) is 12.4. The summed E-state index contributed by atoms with van der Waals surface area (Å²) in [5, 5.41) is 18.0. The Labute approximate surface area is 191 Å². The molecule has 156 valence electrons. The zero-order valence-electron chi connectivity index (χ0n) is 16.4. The van der Waals surface area contributed by atoms with Crippen LogP contribution in [0.15, 0.2) is 64.5 Å². The number of thiophene rings is 1. The second kappa shape index (κ2) is 11.9. The highest BCUT2D eigenvalue weighted by molar-refractivity contribution is 14.0. The first-order valence-electron chi connectivity index (χ1n) is 9.44. The number of aryl methyl sites for hydroxylation is 1. The minimum absolute atomic E-state index is 0. The number of hydrogen-bond acceptors (Lipinski definition) is 4. The number of aromatic nitrogens is 1. The number of halogens is 1. The highest BCUT2D eigenvalue weighted by atomic mass is 127. The number of rotatable bonds is 8. The molecule has 3 aromatic rings. The number of aliphatic hydroxyl groups excluding tert-OH is 1. The van der Waals surface area contributed by atoms with E-state index in [4.69, 9.17) is 0 Å². The number of pyridine rings is 1. The van der Waals surface area contributed by atoms with E-state index in [1.807, 2.05) is 30.5 Å². The van der Waals surface area contributed by atoms with E-state index in [0.717, 1.165) is 29.6 Å². The van der Waals surface area contributed by atoms with Crippen molar-refractivity contribution < 1.29 is 5.11 Å². The van der Waals surface area contributed by atoms with Crippen molar-refractivity contribution in [2.75, 3.05) is 20.1 Å². The van der Waals surface area contributed by atoms with Gasteiger partial charge in [0.05, 0.1) is 0 Å². The van der Waals surface area contributed by atoms with E-state index in [0.29, 0.717) is 19.0 Å². The van der Waals surface area contributed by atoms with Gasteiger partial charge in [-0.25, -0.2) is 0 Å². The van der Waals surface area contributed by atoms with Gasteiger partial charge in [0.25, 0.3) is 0 Å². The van der Waals surface area contributed by atoms with E-state index in [1.54, 1.807) is 35.1 Å². The molecule has 8 heteroatoms. The first kappa shape index (κ1) is 23.4. The maximum absolute atomic E-state index is 11.7. The molecule has 1 aromatic carbocycles. The Morgan fingerprint density at radius 3 is 2.72 bits per heavy atom. The van der Waals surface area contributed by atoms with Crippen LogP contribution in [0.25, 0.3) is 10.1 Å². The lowest BCUT2D eigenvalue weighted by Crippen LogP contribution is -2.39. The van der Waals surface area contributed by atoms with E-state index in [-0.39, 0.29) is 29.5 Å². The molecule has 1 unspecified atom stereocenters. The van der Waals surface area contributed by atoms with Crippen molar-refractivity contribution >= 4 is 51.4 Å². The van der Waals surface area contributed by atoms with Crippen LogP contribution in [0, 0.1) is 0 Å². The van der Waals surface area contributed by atoms with Crippen LogP contribution < -0.4 is 16.2 Å². The Morgan fingerprint density at radius 2 is 1.97 bits per heavy atom. The summed E-state index contributed by atoms with van der Waals surface area (Å²) in [5.74, 6) is 0.664. The van der Waals surface area contributed by atoms with Gasteiger partial charge in [0.2, 0.25) is 5.56 Å². The zero-order valence-corrected chi connectivity index (χ0v) is 19.5. The first-order chi connectivity index (χ1) is 13.7. The van der Waals surface area contributed by atoms with Crippen LogP contribution in [0.1, 0.15) is 23.8 Å². The van der Waals surface area contributed by atoms with Gasteiger partial charge in [0, 0.05) is 48.5 Å². The quantitative estimate of drug-likeness (QED) is 0.182. The van der Waals surface area contributed by atoms with Crippen molar-refractivity contribution in [1.29, 1.82) is 0 Å². The molecule has 0 saturated heterocycles. The fraction of sp³-hybridized carbons (Fsp3) is 0.333. The molecule has 29 heavy (non-hydrogen) atoms. The minimum atomic E-state index is -0.582. The Kier molecular flexibility index (Phi) is 9.62. The summed E-state index contributed by atoms with van der Waals surface area (Å²) < 4.78 is 2.89. The molecular formula is C21H27IN4O2S. The fourth-order valence-corrected chi connectivity index (χ4v) is 3.99. The third-order valence-electron chi connectivity index (χ3n) is 4.48. The molecule has 3 rings (SSSR count). The SMILES string of the molecule is CN=C(NCCCCn1ccccc1=O)NCC(O)c1cc2ccccc2s1.I. The fourth-order valence-electron chi connectivity index (χ4n) is 2.94. The van der Waals surface area contributed by atoms with Crippen LogP contribution >= 0.6 is 35.3 Å². The van der Waals surface area contributed by atoms with Crippen LogP contribution in [0.5, 0.6) is 0 Å². The van der Waals surface area contributed by atoms with Gasteiger partial charge in [0.1, 0.15) is 6.10 Å². The second-order valence-corrected chi connectivity index (χ2v) is 7.64. The van der Waals surface area contributed by atoms with E-state index in [1.165, 1.54) is 4.70 Å². The standard InChI is InChI=1S/C21H26N4O2S.HI/c1-22-21(23-11-5-7-13-25-12-6-4-10-20(25)27)24-15-17(26)19-14-16-8-2-3-9-18(16)28-19;/h2-4,6,8-10,12,14,17,26H,5,7,11,13,15H2,1H3,(H2,22,23,24);1H. The molecule has 0 fully saturated rings. The van der Waals surface area contributed by atoms with Gasteiger partial charge < -0.3 is 20.3 Å². The van der Waals surface area contributed by atoms with Crippen molar-refractivity contribution in [3.63, 3.8) is 0 Å². The predicted molar refractivity (Wildman–Crippen MR) is 132 cm³/mol. The number of aliphatic hydroxyl groups is 1. The molecule has 0 saturated carbocycles. The van der Waals surface area contributed by atoms with Gasteiger partial charge in [-0.2, -0.15) is 0 Å².